The van der Waals surface area contributed by atoms with Crippen LogP contribution in [0.15, 0.2) is 36.0 Å². The van der Waals surface area contributed by atoms with Gasteiger partial charge in [-0.05, 0) is 35.4 Å². The maximum Gasteiger partial charge on any atom is 0.262 e. The van der Waals surface area contributed by atoms with Crippen LogP contribution in [0.5, 0.6) is 5.88 Å². The lowest BCUT2D eigenvalue weighted by atomic mass is 9.98. The topological polar surface area (TPSA) is 64.1 Å². The van der Waals surface area contributed by atoms with Gasteiger partial charge in [-0.2, -0.15) is 0 Å². The molecule has 0 saturated carbocycles. The van der Waals surface area contributed by atoms with Gasteiger partial charge in [0, 0.05) is 5.69 Å². The fraction of sp³-hybridized carbons (Fsp3) is 0.278. The van der Waals surface area contributed by atoms with Gasteiger partial charge in [0.1, 0.15) is 11.2 Å². The normalized spacial score (nSPS) is 11.0. The lowest BCUT2D eigenvalue weighted by Crippen LogP contribution is -2.22. The first-order valence-corrected chi connectivity index (χ1v) is 8.64. The minimum Gasteiger partial charge on any atom is -0.467 e. The number of hydrogen-bond acceptors (Lipinski definition) is 5. The Hall–Kier alpha value is -2.47. The smallest absolute Gasteiger partial charge is 0.262 e. The Morgan fingerprint density at radius 3 is 2.92 bits per heavy atom. The summed E-state index contributed by atoms with van der Waals surface area (Å²) < 4.78 is 5.60. The quantitative estimate of drug-likeness (QED) is 0.757. The van der Waals surface area contributed by atoms with Crippen molar-refractivity contribution >= 4 is 33.1 Å². The number of amides is 1. The lowest BCUT2D eigenvalue weighted by Gasteiger charge is -2.16. The number of aryl methyl sites for hydroxylation is 1. The van der Waals surface area contributed by atoms with Crippen LogP contribution in [0.1, 0.15) is 30.9 Å². The molecule has 0 aliphatic heterocycles. The highest BCUT2D eigenvalue weighted by molar-refractivity contribution is 7.16. The summed E-state index contributed by atoms with van der Waals surface area (Å²) >= 11 is 1.51. The number of anilines is 1. The lowest BCUT2D eigenvalue weighted by molar-refractivity contribution is -0.118. The molecule has 1 aromatic carbocycles. The summed E-state index contributed by atoms with van der Waals surface area (Å²) in [5.74, 6) is 0.562. The number of rotatable bonds is 5. The molecule has 0 aliphatic carbocycles. The van der Waals surface area contributed by atoms with Gasteiger partial charge in [-0.1, -0.05) is 32.0 Å². The molecule has 0 aliphatic rings. The predicted octanol–water partition coefficient (Wildman–Crippen LogP) is 4.14. The van der Waals surface area contributed by atoms with E-state index in [1.54, 1.807) is 0 Å². The van der Waals surface area contributed by atoms with Gasteiger partial charge < -0.3 is 10.1 Å². The van der Waals surface area contributed by atoms with E-state index in [1.807, 2.05) is 36.6 Å². The second-order valence-electron chi connectivity index (χ2n) is 5.85. The van der Waals surface area contributed by atoms with E-state index >= 15 is 0 Å². The molecular weight excluding hydrogens is 322 g/mol. The van der Waals surface area contributed by atoms with Crippen LogP contribution >= 0.6 is 11.3 Å². The second kappa shape index (κ2) is 6.97. The van der Waals surface area contributed by atoms with Gasteiger partial charge in [-0.25, -0.2) is 9.97 Å². The summed E-state index contributed by atoms with van der Waals surface area (Å²) in [5, 5.41) is 5.72. The number of carbonyl (C=O) groups is 1. The molecule has 0 atom stereocenters. The summed E-state index contributed by atoms with van der Waals surface area (Å²) in [5.41, 5.74) is 3.02. The van der Waals surface area contributed by atoms with Crippen molar-refractivity contribution in [1.82, 2.24) is 9.97 Å². The van der Waals surface area contributed by atoms with Gasteiger partial charge in [0.05, 0.1) is 5.39 Å². The number of benzene rings is 1. The van der Waals surface area contributed by atoms with E-state index in [2.05, 4.69) is 29.1 Å². The number of para-hydroxylation sites is 1. The Balaban J connectivity index is 1.72. The molecular formula is C18H19N3O2S. The van der Waals surface area contributed by atoms with E-state index < -0.39 is 0 Å². The van der Waals surface area contributed by atoms with E-state index in [0.717, 1.165) is 27.0 Å². The molecule has 1 N–H and O–H groups in total. The van der Waals surface area contributed by atoms with E-state index in [9.17, 15) is 4.79 Å². The maximum atomic E-state index is 12.3. The Morgan fingerprint density at radius 1 is 1.29 bits per heavy atom. The Morgan fingerprint density at radius 2 is 2.12 bits per heavy atom. The van der Waals surface area contributed by atoms with Crippen LogP contribution in [0.3, 0.4) is 0 Å². The number of aromatic nitrogens is 2. The van der Waals surface area contributed by atoms with Crippen LogP contribution in [-0.4, -0.2) is 22.5 Å². The number of ether oxygens (including phenoxy) is 1. The zero-order chi connectivity index (χ0) is 17.1. The molecule has 0 saturated heterocycles. The zero-order valence-corrected chi connectivity index (χ0v) is 14.7. The third-order valence-corrected chi connectivity index (χ3v) is 4.58. The zero-order valence-electron chi connectivity index (χ0n) is 13.9. The van der Waals surface area contributed by atoms with Crippen LogP contribution in [0.25, 0.3) is 10.2 Å². The number of thiophene rings is 1. The highest BCUT2D eigenvalue weighted by Gasteiger charge is 2.13. The van der Waals surface area contributed by atoms with Crippen LogP contribution in [0.2, 0.25) is 0 Å². The molecule has 2 heterocycles. The van der Waals surface area contributed by atoms with Gasteiger partial charge in [-0.3, -0.25) is 4.79 Å². The SMILES string of the molecule is Cc1cccc(C(C)C)c1NC(=O)COc1ncnc2sccc12. The number of fused-ring (bicyclic) bond motifs is 1. The minimum atomic E-state index is -0.201. The summed E-state index contributed by atoms with van der Waals surface area (Å²) in [6.07, 6.45) is 1.45. The molecule has 0 spiro atoms. The fourth-order valence-corrected chi connectivity index (χ4v) is 3.26. The largest absolute Gasteiger partial charge is 0.467 e. The number of carbonyl (C=O) groups excluding carboxylic acids is 1. The van der Waals surface area contributed by atoms with Crippen molar-refractivity contribution < 1.29 is 9.53 Å². The molecule has 2 aromatic heterocycles. The summed E-state index contributed by atoms with van der Waals surface area (Å²) in [6, 6.07) is 7.92. The molecule has 0 fully saturated rings. The molecule has 0 radical (unpaired) electrons. The van der Waals surface area contributed by atoms with Crippen molar-refractivity contribution in [2.45, 2.75) is 26.7 Å². The average Bonchev–Trinajstić information content (AvgIpc) is 3.03. The van der Waals surface area contributed by atoms with Crippen molar-refractivity contribution in [3.8, 4) is 5.88 Å². The fourth-order valence-electron chi connectivity index (χ4n) is 2.53. The molecule has 24 heavy (non-hydrogen) atoms. The standard InChI is InChI=1S/C18H19N3O2S/c1-11(2)13-6-4-5-12(3)16(13)21-15(22)9-23-17-14-7-8-24-18(14)20-10-19-17/h4-8,10-11H,9H2,1-3H3,(H,21,22). The Bertz CT molecular complexity index is 874. The van der Waals surface area contributed by atoms with Gasteiger partial charge in [-0.15, -0.1) is 11.3 Å². The number of hydrogen-bond donors (Lipinski definition) is 1. The molecule has 124 valence electrons. The van der Waals surface area contributed by atoms with Gasteiger partial charge in [0.25, 0.3) is 5.91 Å². The molecule has 3 aromatic rings. The highest BCUT2D eigenvalue weighted by atomic mass is 32.1. The number of nitrogens with zero attached hydrogens (tertiary/aromatic N) is 2. The third-order valence-electron chi connectivity index (χ3n) is 3.76. The minimum absolute atomic E-state index is 0.0895. The summed E-state index contributed by atoms with van der Waals surface area (Å²) in [4.78, 5) is 21.4. The van der Waals surface area contributed by atoms with E-state index in [4.69, 9.17) is 4.74 Å². The first-order chi connectivity index (χ1) is 11.6. The first kappa shape index (κ1) is 16.4. The number of nitrogens with one attached hydrogen (secondary N) is 1. The molecule has 5 nitrogen and oxygen atoms in total. The van der Waals surface area contributed by atoms with Crippen LogP contribution < -0.4 is 10.1 Å². The van der Waals surface area contributed by atoms with Crippen molar-refractivity contribution in [3.05, 3.63) is 47.1 Å². The molecule has 0 bridgehead atoms. The van der Waals surface area contributed by atoms with Crippen LogP contribution in [0, 0.1) is 6.92 Å². The van der Waals surface area contributed by atoms with E-state index in [-0.39, 0.29) is 12.5 Å². The van der Waals surface area contributed by atoms with E-state index in [1.165, 1.54) is 17.7 Å². The first-order valence-electron chi connectivity index (χ1n) is 7.76. The average molecular weight is 341 g/mol. The monoisotopic (exact) mass is 341 g/mol. The van der Waals surface area contributed by atoms with Crippen molar-refractivity contribution in [2.24, 2.45) is 0 Å². The molecule has 3 rings (SSSR count). The third kappa shape index (κ3) is 3.38. The molecule has 1 amide bonds. The maximum absolute atomic E-state index is 12.3. The molecule has 0 unspecified atom stereocenters. The highest BCUT2D eigenvalue weighted by Crippen LogP contribution is 2.28. The van der Waals surface area contributed by atoms with Gasteiger partial charge in [0.2, 0.25) is 5.88 Å². The van der Waals surface area contributed by atoms with Crippen molar-refractivity contribution in [3.63, 3.8) is 0 Å². The van der Waals surface area contributed by atoms with Crippen molar-refractivity contribution in [1.29, 1.82) is 0 Å². The Labute approximate surface area is 144 Å². The predicted molar refractivity (Wildman–Crippen MR) is 96.8 cm³/mol. The van der Waals surface area contributed by atoms with Crippen molar-refractivity contribution in [2.75, 3.05) is 11.9 Å². The summed E-state index contributed by atoms with van der Waals surface area (Å²) in [7, 11) is 0. The summed E-state index contributed by atoms with van der Waals surface area (Å²) in [6.45, 7) is 6.11. The second-order valence-corrected chi connectivity index (χ2v) is 6.74. The Kier molecular flexibility index (Phi) is 4.76. The van der Waals surface area contributed by atoms with Gasteiger partial charge >= 0.3 is 0 Å². The molecule has 6 heteroatoms. The van der Waals surface area contributed by atoms with Crippen LogP contribution in [0.4, 0.5) is 5.69 Å². The van der Waals surface area contributed by atoms with Crippen LogP contribution in [-0.2, 0) is 4.79 Å². The van der Waals surface area contributed by atoms with Gasteiger partial charge in [0.15, 0.2) is 6.61 Å². The van der Waals surface area contributed by atoms with E-state index in [0.29, 0.717) is 11.8 Å².